The van der Waals surface area contributed by atoms with Gasteiger partial charge < -0.3 is 0 Å². The van der Waals surface area contributed by atoms with E-state index in [4.69, 9.17) is 0 Å². The van der Waals surface area contributed by atoms with Gasteiger partial charge in [0.15, 0.2) is 11.6 Å². The summed E-state index contributed by atoms with van der Waals surface area (Å²) in [6.45, 7) is 3.40. The van der Waals surface area contributed by atoms with Crippen molar-refractivity contribution in [3.8, 4) is 0 Å². The number of hydrogen-bond donors (Lipinski definition) is 0. The van der Waals surface area contributed by atoms with E-state index in [1.165, 1.54) is 12.1 Å². The Bertz CT molecular complexity index is 503. The molecule has 0 bridgehead atoms. The van der Waals surface area contributed by atoms with Crippen molar-refractivity contribution < 1.29 is 13.2 Å². The lowest BCUT2D eigenvalue weighted by atomic mass is 10.0. The Balaban J connectivity index is 2.91. The Labute approximate surface area is 79.0 Å². The van der Waals surface area contributed by atoms with Crippen molar-refractivity contribution in [1.29, 1.82) is 0 Å². The highest BCUT2D eigenvalue weighted by Crippen LogP contribution is 2.24. The standard InChI is InChI=1S/C11H6F3/c1-6-9-3-2-8(12)4-7(9)5-10(13)11(6)14/h2-5H,1H2. The van der Waals surface area contributed by atoms with Crippen molar-refractivity contribution in [3.05, 3.63) is 54.2 Å². The van der Waals surface area contributed by atoms with E-state index in [1.807, 2.05) is 0 Å². The van der Waals surface area contributed by atoms with E-state index in [-0.39, 0.29) is 5.56 Å². The highest BCUT2D eigenvalue weighted by Gasteiger charge is 2.09. The molecule has 0 atom stereocenters. The molecule has 0 nitrogen and oxygen atoms in total. The van der Waals surface area contributed by atoms with E-state index in [1.54, 1.807) is 0 Å². The first kappa shape index (κ1) is 9.06. The van der Waals surface area contributed by atoms with Gasteiger partial charge in [-0.25, -0.2) is 13.2 Å². The summed E-state index contributed by atoms with van der Waals surface area (Å²) in [5, 5.41) is 0.735. The highest BCUT2D eigenvalue weighted by atomic mass is 19.2. The summed E-state index contributed by atoms with van der Waals surface area (Å²) in [6.07, 6.45) is 0. The quantitative estimate of drug-likeness (QED) is 0.604. The minimum Gasteiger partial charge on any atom is -0.207 e. The van der Waals surface area contributed by atoms with Gasteiger partial charge in [-0.05, 0) is 41.5 Å². The third kappa shape index (κ3) is 1.25. The fourth-order valence-electron chi connectivity index (χ4n) is 1.39. The van der Waals surface area contributed by atoms with Crippen LogP contribution in [0.25, 0.3) is 10.8 Å². The Morgan fingerprint density at radius 1 is 1.00 bits per heavy atom. The van der Waals surface area contributed by atoms with Crippen LogP contribution in [0.4, 0.5) is 13.2 Å². The Morgan fingerprint density at radius 2 is 1.71 bits per heavy atom. The molecular weight excluding hydrogens is 189 g/mol. The maximum atomic E-state index is 13.0. The van der Waals surface area contributed by atoms with Gasteiger partial charge in [0.2, 0.25) is 0 Å². The van der Waals surface area contributed by atoms with Gasteiger partial charge in [-0.3, -0.25) is 0 Å². The molecule has 0 amide bonds. The molecule has 0 fully saturated rings. The molecule has 3 heteroatoms. The Hall–Kier alpha value is -1.51. The molecular formula is C11H6F3. The van der Waals surface area contributed by atoms with Crippen molar-refractivity contribution in [1.82, 2.24) is 0 Å². The molecule has 1 radical (unpaired) electrons. The van der Waals surface area contributed by atoms with Crippen molar-refractivity contribution >= 4 is 10.8 Å². The molecule has 0 saturated heterocycles. The van der Waals surface area contributed by atoms with Crippen molar-refractivity contribution in [2.45, 2.75) is 0 Å². The van der Waals surface area contributed by atoms with Crippen LogP contribution in [-0.4, -0.2) is 0 Å². The molecule has 0 saturated carbocycles. The summed E-state index contributed by atoms with van der Waals surface area (Å²) in [4.78, 5) is 0. The largest absolute Gasteiger partial charge is 0.207 e. The average molecular weight is 195 g/mol. The second kappa shape index (κ2) is 3.01. The molecule has 0 N–H and O–H groups in total. The molecule has 0 spiro atoms. The fourth-order valence-corrected chi connectivity index (χ4v) is 1.39. The zero-order chi connectivity index (χ0) is 10.3. The van der Waals surface area contributed by atoms with Crippen LogP contribution in [0.2, 0.25) is 0 Å². The third-order valence-corrected chi connectivity index (χ3v) is 2.10. The molecule has 0 aromatic heterocycles. The zero-order valence-corrected chi connectivity index (χ0v) is 7.15. The lowest BCUT2D eigenvalue weighted by molar-refractivity contribution is 0.508. The molecule has 2 aromatic rings. The first-order chi connectivity index (χ1) is 6.59. The van der Waals surface area contributed by atoms with E-state index in [2.05, 4.69) is 6.92 Å². The predicted octanol–water partition coefficient (Wildman–Crippen LogP) is 3.44. The normalized spacial score (nSPS) is 10.9. The minimum absolute atomic E-state index is 0.0417. The van der Waals surface area contributed by atoms with Gasteiger partial charge in [0, 0.05) is 0 Å². The van der Waals surface area contributed by atoms with E-state index in [9.17, 15) is 13.2 Å². The summed E-state index contributed by atoms with van der Waals surface area (Å²) >= 11 is 0. The summed E-state index contributed by atoms with van der Waals surface area (Å²) < 4.78 is 38.7. The number of halogens is 3. The van der Waals surface area contributed by atoms with Gasteiger partial charge in [-0.15, -0.1) is 0 Å². The number of benzene rings is 2. The number of rotatable bonds is 0. The SMILES string of the molecule is [CH2]c1c(F)c(F)cc2cc(F)ccc12. The Kier molecular flexibility index (Phi) is 1.95. The number of hydrogen-bond acceptors (Lipinski definition) is 0. The maximum Gasteiger partial charge on any atom is 0.162 e. The highest BCUT2D eigenvalue weighted by molar-refractivity contribution is 5.86. The smallest absolute Gasteiger partial charge is 0.162 e. The second-order valence-corrected chi connectivity index (χ2v) is 3.02. The summed E-state index contributed by atoms with van der Waals surface area (Å²) in [5.41, 5.74) is -0.0417. The predicted molar refractivity (Wildman–Crippen MR) is 48.3 cm³/mol. The summed E-state index contributed by atoms with van der Waals surface area (Å²) in [7, 11) is 0. The van der Waals surface area contributed by atoms with Gasteiger partial charge in [0.05, 0.1) is 0 Å². The summed E-state index contributed by atoms with van der Waals surface area (Å²) in [6, 6.07) is 4.68. The monoisotopic (exact) mass is 195 g/mol. The van der Waals surface area contributed by atoms with Gasteiger partial charge in [-0.2, -0.15) is 0 Å². The van der Waals surface area contributed by atoms with Crippen molar-refractivity contribution in [2.24, 2.45) is 0 Å². The molecule has 2 aromatic carbocycles. The summed E-state index contributed by atoms with van der Waals surface area (Å²) in [5.74, 6) is -2.47. The number of fused-ring (bicyclic) bond motifs is 1. The van der Waals surface area contributed by atoms with Crippen LogP contribution in [0.3, 0.4) is 0 Å². The average Bonchev–Trinajstić information content (AvgIpc) is 2.14. The van der Waals surface area contributed by atoms with Gasteiger partial charge >= 0.3 is 0 Å². The molecule has 14 heavy (non-hydrogen) atoms. The second-order valence-electron chi connectivity index (χ2n) is 3.02. The van der Waals surface area contributed by atoms with Crippen LogP contribution in [0.1, 0.15) is 5.56 Å². The first-order valence-electron chi connectivity index (χ1n) is 3.99. The molecule has 71 valence electrons. The van der Waals surface area contributed by atoms with Crippen molar-refractivity contribution in [3.63, 3.8) is 0 Å². The van der Waals surface area contributed by atoms with Crippen molar-refractivity contribution in [2.75, 3.05) is 0 Å². The lowest BCUT2D eigenvalue weighted by Gasteiger charge is -2.04. The van der Waals surface area contributed by atoms with Crippen LogP contribution < -0.4 is 0 Å². The molecule has 0 aliphatic carbocycles. The molecule has 0 aliphatic heterocycles. The van der Waals surface area contributed by atoms with E-state index >= 15 is 0 Å². The molecule has 0 heterocycles. The molecule has 0 unspecified atom stereocenters. The van der Waals surface area contributed by atoms with Gasteiger partial charge in [0.1, 0.15) is 5.82 Å². The molecule has 0 aliphatic rings. The van der Waals surface area contributed by atoms with Crippen LogP contribution >= 0.6 is 0 Å². The van der Waals surface area contributed by atoms with Gasteiger partial charge in [-0.1, -0.05) is 6.07 Å². The maximum absolute atomic E-state index is 13.0. The third-order valence-electron chi connectivity index (χ3n) is 2.10. The fraction of sp³-hybridized carbons (Fsp3) is 0. The van der Waals surface area contributed by atoms with Crippen LogP contribution in [0.5, 0.6) is 0 Å². The topological polar surface area (TPSA) is 0 Å². The van der Waals surface area contributed by atoms with Crippen LogP contribution in [0, 0.1) is 24.4 Å². The Morgan fingerprint density at radius 3 is 2.43 bits per heavy atom. The molecule has 2 rings (SSSR count). The van der Waals surface area contributed by atoms with Crippen LogP contribution in [-0.2, 0) is 0 Å². The van der Waals surface area contributed by atoms with E-state index < -0.39 is 17.5 Å². The first-order valence-corrected chi connectivity index (χ1v) is 3.99. The van der Waals surface area contributed by atoms with E-state index in [0.29, 0.717) is 10.8 Å². The zero-order valence-electron chi connectivity index (χ0n) is 7.15. The van der Waals surface area contributed by atoms with Gasteiger partial charge in [0.25, 0.3) is 0 Å². The van der Waals surface area contributed by atoms with E-state index in [0.717, 1.165) is 12.1 Å². The minimum atomic E-state index is -1.01. The van der Waals surface area contributed by atoms with Crippen LogP contribution in [0.15, 0.2) is 24.3 Å². The lowest BCUT2D eigenvalue weighted by Crippen LogP contribution is -1.91.